The van der Waals surface area contributed by atoms with Crippen LogP contribution in [0.3, 0.4) is 0 Å². The first kappa shape index (κ1) is 21.0. The molecule has 0 saturated carbocycles. The average molecular weight is 456 g/mol. The van der Waals surface area contributed by atoms with Gasteiger partial charge in [-0.05, 0) is 41.0 Å². The smallest absolute Gasteiger partial charge is 0.231 e. The molecule has 0 unspecified atom stereocenters. The summed E-state index contributed by atoms with van der Waals surface area (Å²) in [6.45, 7) is 0.667. The molecule has 1 N–H and O–H groups in total. The summed E-state index contributed by atoms with van der Waals surface area (Å²) >= 11 is 1.36. The summed E-state index contributed by atoms with van der Waals surface area (Å²) in [6.07, 6.45) is 0. The first-order valence-corrected chi connectivity index (χ1v) is 11.5. The van der Waals surface area contributed by atoms with E-state index in [1.54, 1.807) is 0 Å². The van der Waals surface area contributed by atoms with E-state index in [1.165, 1.54) is 17.3 Å². The van der Waals surface area contributed by atoms with Gasteiger partial charge in [-0.2, -0.15) is 0 Å². The SMILES string of the molecule is O=C(CSc1ccc(-c2ccc(-c3ccccc3)cc2)nn1)NCc1ccc2c(c1)OCO2. The molecule has 4 aromatic rings. The second-order valence-electron chi connectivity index (χ2n) is 7.45. The fraction of sp³-hybridized carbons (Fsp3) is 0.115. The number of amides is 1. The summed E-state index contributed by atoms with van der Waals surface area (Å²) in [6, 6.07) is 28.0. The van der Waals surface area contributed by atoms with Crippen LogP contribution in [0.15, 0.2) is 90.0 Å². The summed E-state index contributed by atoms with van der Waals surface area (Å²) in [5.41, 5.74) is 5.09. The molecule has 2 heterocycles. The second-order valence-corrected chi connectivity index (χ2v) is 8.45. The van der Waals surface area contributed by atoms with Crippen molar-refractivity contribution >= 4 is 17.7 Å². The Morgan fingerprint density at radius 3 is 2.36 bits per heavy atom. The zero-order valence-corrected chi connectivity index (χ0v) is 18.5. The lowest BCUT2D eigenvalue weighted by Gasteiger charge is -2.07. The Bertz CT molecular complexity index is 1250. The molecular weight excluding hydrogens is 434 g/mol. The van der Waals surface area contributed by atoms with Gasteiger partial charge in [0.05, 0.1) is 11.4 Å². The molecule has 0 aliphatic carbocycles. The lowest BCUT2D eigenvalue weighted by atomic mass is 10.0. The Labute approximate surface area is 196 Å². The van der Waals surface area contributed by atoms with Crippen molar-refractivity contribution in [3.63, 3.8) is 0 Å². The summed E-state index contributed by atoms with van der Waals surface area (Å²) in [4.78, 5) is 12.2. The van der Waals surface area contributed by atoms with Crippen molar-refractivity contribution in [3.05, 3.63) is 90.5 Å². The van der Waals surface area contributed by atoms with E-state index in [9.17, 15) is 4.79 Å². The summed E-state index contributed by atoms with van der Waals surface area (Å²) in [7, 11) is 0. The first-order valence-electron chi connectivity index (χ1n) is 10.5. The molecule has 6 nitrogen and oxygen atoms in total. The highest BCUT2D eigenvalue weighted by Gasteiger charge is 2.13. The van der Waals surface area contributed by atoms with Gasteiger partial charge in [-0.15, -0.1) is 10.2 Å². The summed E-state index contributed by atoms with van der Waals surface area (Å²) < 4.78 is 10.7. The van der Waals surface area contributed by atoms with Gasteiger partial charge in [0.15, 0.2) is 11.5 Å². The van der Waals surface area contributed by atoms with Crippen LogP contribution in [0.2, 0.25) is 0 Å². The number of hydrogen-bond donors (Lipinski definition) is 1. The van der Waals surface area contributed by atoms with Crippen molar-refractivity contribution in [2.75, 3.05) is 12.5 Å². The largest absolute Gasteiger partial charge is 0.454 e. The number of hydrogen-bond acceptors (Lipinski definition) is 6. The quantitative estimate of drug-likeness (QED) is 0.398. The minimum absolute atomic E-state index is 0.0694. The number of benzene rings is 3. The van der Waals surface area contributed by atoms with Gasteiger partial charge in [-0.1, -0.05) is 72.4 Å². The maximum absolute atomic E-state index is 12.2. The van der Waals surface area contributed by atoms with Crippen LogP contribution in [0, 0.1) is 0 Å². The number of carbonyl (C=O) groups excluding carboxylic acids is 1. The van der Waals surface area contributed by atoms with Gasteiger partial charge in [0.25, 0.3) is 0 Å². The number of nitrogens with zero attached hydrogens (tertiary/aromatic N) is 2. The van der Waals surface area contributed by atoms with E-state index in [4.69, 9.17) is 9.47 Å². The average Bonchev–Trinajstić information content (AvgIpc) is 3.35. The van der Waals surface area contributed by atoms with Gasteiger partial charge in [0, 0.05) is 12.1 Å². The molecule has 5 rings (SSSR count). The fourth-order valence-corrected chi connectivity index (χ4v) is 4.10. The molecule has 0 radical (unpaired) electrons. The molecule has 1 aromatic heterocycles. The number of thioether (sulfide) groups is 1. The third-order valence-electron chi connectivity index (χ3n) is 5.21. The van der Waals surface area contributed by atoms with E-state index >= 15 is 0 Å². The Hall–Kier alpha value is -3.84. The van der Waals surface area contributed by atoms with E-state index in [1.807, 2.05) is 60.7 Å². The van der Waals surface area contributed by atoms with E-state index in [0.717, 1.165) is 28.1 Å². The lowest BCUT2D eigenvalue weighted by Crippen LogP contribution is -2.24. The van der Waals surface area contributed by atoms with Gasteiger partial charge in [-0.3, -0.25) is 4.79 Å². The van der Waals surface area contributed by atoms with Crippen LogP contribution in [0.25, 0.3) is 22.4 Å². The predicted molar refractivity (Wildman–Crippen MR) is 128 cm³/mol. The van der Waals surface area contributed by atoms with Crippen molar-refractivity contribution in [2.24, 2.45) is 0 Å². The zero-order valence-electron chi connectivity index (χ0n) is 17.7. The van der Waals surface area contributed by atoms with Crippen molar-refractivity contribution < 1.29 is 14.3 Å². The van der Waals surface area contributed by atoms with Crippen molar-refractivity contribution in [2.45, 2.75) is 11.6 Å². The molecule has 33 heavy (non-hydrogen) atoms. The number of rotatable bonds is 7. The normalized spacial score (nSPS) is 11.9. The monoisotopic (exact) mass is 455 g/mol. The maximum atomic E-state index is 12.2. The molecule has 1 aliphatic heterocycles. The molecule has 0 bridgehead atoms. The lowest BCUT2D eigenvalue weighted by molar-refractivity contribution is -0.118. The first-order chi connectivity index (χ1) is 16.2. The number of aromatic nitrogens is 2. The molecule has 0 fully saturated rings. The second kappa shape index (κ2) is 9.75. The molecule has 1 amide bonds. The number of fused-ring (bicyclic) bond motifs is 1. The topological polar surface area (TPSA) is 73.3 Å². The Balaban J connectivity index is 1.13. The molecule has 7 heteroatoms. The molecule has 0 saturated heterocycles. The highest BCUT2D eigenvalue weighted by Crippen LogP contribution is 2.32. The highest BCUT2D eigenvalue weighted by molar-refractivity contribution is 7.99. The van der Waals surface area contributed by atoms with E-state index in [-0.39, 0.29) is 18.5 Å². The van der Waals surface area contributed by atoms with Crippen LogP contribution in [-0.2, 0) is 11.3 Å². The van der Waals surface area contributed by atoms with Crippen LogP contribution in [0.4, 0.5) is 0 Å². The van der Waals surface area contributed by atoms with Crippen molar-refractivity contribution in [1.82, 2.24) is 15.5 Å². The third-order valence-corrected chi connectivity index (χ3v) is 6.13. The standard InChI is InChI=1S/C26H21N3O3S/c30-25(27-15-18-6-12-23-24(14-18)32-17-31-23)16-33-26-13-11-22(28-29-26)21-9-7-20(8-10-21)19-4-2-1-3-5-19/h1-14H,15-17H2,(H,27,30). The van der Waals surface area contributed by atoms with Crippen LogP contribution >= 0.6 is 11.8 Å². The van der Waals surface area contributed by atoms with Crippen LogP contribution in [0.5, 0.6) is 11.5 Å². The Morgan fingerprint density at radius 2 is 1.58 bits per heavy atom. The van der Waals surface area contributed by atoms with Gasteiger partial charge in [0.2, 0.25) is 12.7 Å². The minimum Gasteiger partial charge on any atom is -0.454 e. The third kappa shape index (κ3) is 5.15. The van der Waals surface area contributed by atoms with E-state index in [0.29, 0.717) is 17.3 Å². The Kier molecular flexibility index (Phi) is 6.21. The van der Waals surface area contributed by atoms with E-state index in [2.05, 4.69) is 39.8 Å². The number of ether oxygens (including phenoxy) is 2. The summed E-state index contributed by atoms with van der Waals surface area (Å²) in [5, 5.41) is 12.2. The molecule has 0 atom stereocenters. The van der Waals surface area contributed by atoms with Gasteiger partial charge in [-0.25, -0.2) is 0 Å². The molecular formula is C26H21N3O3S. The molecule has 0 spiro atoms. The summed E-state index contributed by atoms with van der Waals surface area (Å²) in [5.74, 6) is 1.64. The fourth-order valence-electron chi connectivity index (χ4n) is 3.46. The van der Waals surface area contributed by atoms with Crippen molar-refractivity contribution in [3.8, 4) is 33.9 Å². The number of nitrogens with one attached hydrogen (secondary N) is 1. The van der Waals surface area contributed by atoms with Crippen LogP contribution < -0.4 is 14.8 Å². The maximum Gasteiger partial charge on any atom is 0.231 e. The molecule has 3 aromatic carbocycles. The zero-order chi connectivity index (χ0) is 22.5. The minimum atomic E-state index is -0.0694. The Morgan fingerprint density at radius 1 is 0.818 bits per heavy atom. The highest BCUT2D eigenvalue weighted by atomic mass is 32.2. The van der Waals surface area contributed by atoms with Gasteiger partial charge < -0.3 is 14.8 Å². The van der Waals surface area contributed by atoms with Gasteiger partial charge in [0.1, 0.15) is 5.03 Å². The molecule has 1 aliphatic rings. The van der Waals surface area contributed by atoms with E-state index < -0.39 is 0 Å². The number of carbonyl (C=O) groups is 1. The van der Waals surface area contributed by atoms with Crippen LogP contribution in [-0.4, -0.2) is 28.7 Å². The predicted octanol–water partition coefficient (Wildman–Crippen LogP) is 4.95. The van der Waals surface area contributed by atoms with Crippen LogP contribution in [0.1, 0.15) is 5.56 Å². The van der Waals surface area contributed by atoms with Gasteiger partial charge >= 0.3 is 0 Å². The molecule has 164 valence electrons. The van der Waals surface area contributed by atoms with Crippen molar-refractivity contribution in [1.29, 1.82) is 0 Å².